The van der Waals surface area contributed by atoms with Crippen LogP contribution in [0.4, 0.5) is 5.82 Å². The van der Waals surface area contributed by atoms with E-state index in [0.717, 1.165) is 30.8 Å². The first-order valence-corrected chi connectivity index (χ1v) is 11.4. The molecule has 0 atom stereocenters. The van der Waals surface area contributed by atoms with Gasteiger partial charge in [-0.1, -0.05) is 43.3 Å². The Morgan fingerprint density at radius 3 is 2.56 bits per heavy atom. The largest absolute Gasteiger partial charge is 0.353 e. The van der Waals surface area contributed by atoms with Crippen molar-refractivity contribution in [3.63, 3.8) is 0 Å². The molecule has 1 N–H and O–H groups in total. The van der Waals surface area contributed by atoms with E-state index in [1.165, 1.54) is 10.5 Å². The fourth-order valence-corrected chi connectivity index (χ4v) is 4.11. The second-order valence-corrected chi connectivity index (χ2v) is 8.30. The second-order valence-electron chi connectivity index (χ2n) is 8.30. The van der Waals surface area contributed by atoms with Gasteiger partial charge in [0.15, 0.2) is 0 Å². The molecule has 1 aliphatic heterocycles. The Labute approximate surface area is 198 Å². The predicted octanol–water partition coefficient (Wildman–Crippen LogP) is 2.37. The van der Waals surface area contributed by atoms with Gasteiger partial charge in [0.2, 0.25) is 0 Å². The number of pyridine rings is 1. The van der Waals surface area contributed by atoms with Gasteiger partial charge in [0.1, 0.15) is 23.1 Å². The lowest BCUT2D eigenvalue weighted by Crippen LogP contribution is -2.47. The summed E-state index contributed by atoms with van der Waals surface area (Å²) in [5.74, 6) is -0.0134. The van der Waals surface area contributed by atoms with Gasteiger partial charge in [0.25, 0.3) is 11.5 Å². The summed E-state index contributed by atoms with van der Waals surface area (Å²) in [6, 6.07) is 15.1. The van der Waals surface area contributed by atoms with Gasteiger partial charge >= 0.3 is 0 Å². The molecule has 1 aliphatic rings. The van der Waals surface area contributed by atoms with Gasteiger partial charge in [-0.05, 0) is 36.7 Å². The second kappa shape index (κ2) is 10.3. The van der Waals surface area contributed by atoms with Gasteiger partial charge in [-0.15, -0.1) is 0 Å². The molecule has 3 heterocycles. The molecule has 3 aromatic rings. The van der Waals surface area contributed by atoms with Gasteiger partial charge in [0.05, 0.1) is 5.56 Å². The average molecular weight is 457 g/mol. The fraction of sp³-hybridized carbons (Fsp3) is 0.308. The number of rotatable bonds is 6. The summed E-state index contributed by atoms with van der Waals surface area (Å²) in [6.45, 7) is 8.44. The summed E-state index contributed by atoms with van der Waals surface area (Å²) in [5, 5.41) is 12.5. The van der Waals surface area contributed by atoms with E-state index in [1.807, 2.05) is 49.4 Å². The molecule has 1 amide bonds. The molecule has 2 aromatic heterocycles. The maximum absolute atomic E-state index is 13.5. The van der Waals surface area contributed by atoms with E-state index in [-0.39, 0.29) is 16.7 Å². The number of benzene rings is 1. The lowest BCUT2D eigenvalue weighted by molar-refractivity contribution is -0.117. The van der Waals surface area contributed by atoms with Crippen LogP contribution >= 0.6 is 0 Å². The number of anilines is 1. The topological polar surface area (TPSA) is 93.7 Å². The van der Waals surface area contributed by atoms with Crippen molar-refractivity contribution in [1.82, 2.24) is 19.6 Å². The van der Waals surface area contributed by atoms with Crippen molar-refractivity contribution < 1.29 is 4.79 Å². The van der Waals surface area contributed by atoms with Gasteiger partial charge in [-0.2, -0.15) is 5.26 Å². The number of nitrogens with one attached hydrogen (secondary N) is 1. The first kappa shape index (κ1) is 23.2. The average Bonchev–Trinajstić information content (AvgIpc) is 2.88. The highest BCUT2D eigenvalue weighted by Crippen LogP contribution is 2.22. The summed E-state index contributed by atoms with van der Waals surface area (Å²) in [5.41, 5.74) is 2.19. The molecular formula is C26H28N6O2. The molecule has 0 radical (unpaired) electrons. The van der Waals surface area contributed by atoms with E-state index in [0.29, 0.717) is 31.1 Å². The number of fused-ring (bicyclic) bond motifs is 1. The molecule has 8 nitrogen and oxygen atoms in total. The number of carbonyl (C=O) groups excluding carboxylic acids is 1. The van der Waals surface area contributed by atoms with E-state index in [4.69, 9.17) is 4.98 Å². The normalized spacial score (nSPS) is 14.7. The van der Waals surface area contributed by atoms with Crippen LogP contribution in [0.5, 0.6) is 0 Å². The van der Waals surface area contributed by atoms with E-state index >= 15 is 0 Å². The zero-order valence-electron chi connectivity index (χ0n) is 19.5. The minimum absolute atomic E-state index is 0.129. The van der Waals surface area contributed by atoms with Crippen molar-refractivity contribution in [3.05, 3.63) is 81.3 Å². The van der Waals surface area contributed by atoms with Crippen LogP contribution in [0, 0.1) is 18.3 Å². The standard InChI is InChI=1S/C26H28N6O2/c1-3-30-12-14-31(15-13-30)24-22(26(34)32-11-7-8-19(2)23(32)29-24)16-21(17-27)25(33)28-18-20-9-5-4-6-10-20/h4-11,16H,3,12-15,18H2,1-2H3,(H,28,33)/b21-16+. The van der Waals surface area contributed by atoms with E-state index in [1.54, 1.807) is 12.3 Å². The third-order valence-corrected chi connectivity index (χ3v) is 6.13. The molecule has 174 valence electrons. The van der Waals surface area contributed by atoms with Crippen molar-refractivity contribution >= 4 is 23.4 Å². The Morgan fingerprint density at radius 2 is 1.88 bits per heavy atom. The minimum atomic E-state index is -0.526. The highest BCUT2D eigenvalue weighted by Gasteiger charge is 2.23. The van der Waals surface area contributed by atoms with Crippen LogP contribution in [-0.4, -0.2) is 52.9 Å². The van der Waals surface area contributed by atoms with Gasteiger partial charge in [-0.25, -0.2) is 4.98 Å². The Bertz CT molecular complexity index is 1310. The molecule has 0 saturated carbocycles. The number of aromatic nitrogens is 2. The number of piperazine rings is 1. The number of carbonyl (C=O) groups is 1. The van der Waals surface area contributed by atoms with Crippen LogP contribution in [0.1, 0.15) is 23.6 Å². The van der Waals surface area contributed by atoms with Crippen LogP contribution in [-0.2, 0) is 11.3 Å². The summed E-state index contributed by atoms with van der Waals surface area (Å²) in [6.07, 6.45) is 3.04. The van der Waals surface area contributed by atoms with E-state index in [2.05, 4.69) is 22.0 Å². The highest BCUT2D eigenvalue weighted by molar-refractivity contribution is 6.02. The Balaban J connectivity index is 1.74. The zero-order chi connectivity index (χ0) is 24.1. The molecule has 0 unspecified atom stereocenters. The number of hydrogen-bond acceptors (Lipinski definition) is 6. The number of hydrogen-bond donors (Lipinski definition) is 1. The molecule has 0 spiro atoms. The third kappa shape index (κ3) is 4.85. The van der Waals surface area contributed by atoms with Crippen molar-refractivity contribution in [2.45, 2.75) is 20.4 Å². The van der Waals surface area contributed by atoms with Crippen LogP contribution in [0.25, 0.3) is 11.7 Å². The predicted molar refractivity (Wildman–Crippen MR) is 132 cm³/mol. The molecule has 0 bridgehead atoms. The van der Waals surface area contributed by atoms with Crippen molar-refractivity contribution in [3.8, 4) is 6.07 Å². The molecule has 0 aliphatic carbocycles. The van der Waals surface area contributed by atoms with Gasteiger partial charge in [0, 0.05) is 38.9 Å². The summed E-state index contributed by atoms with van der Waals surface area (Å²) >= 11 is 0. The molecule has 1 aromatic carbocycles. The van der Waals surface area contributed by atoms with Crippen LogP contribution in [0.2, 0.25) is 0 Å². The molecule has 34 heavy (non-hydrogen) atoms. The molecule has 1 saturated heterocycles. The molecule has 1 fully saturated rings. The van der Waals surface area contributed by atoms with Crippen LogP contribution < -0.4 is 15.8 Å². The third-order valence-electron chi connectivity index (χ3n) is 6.13. The first-order valence-electron chi connectivity index (χ1n) is 11.4. The zero-order valence-corrected chi connectivity index (χ0v) is 19.5. The smallest absolute Gasteiger partial charge is 0.267 e. The monoisotopic (exact) mass is 456 g/mol. The van der Waals surface area contributed by atoms with Crippen molar-refractivity contribution in [1.29, 1.82) is 5.26 Å². The van der Waals surface area contributed by atoms with E-state index in [9.17, 15) is 14.9 Å². The highest BCUT2D eigenvalue weighted by atomic mass is 16.1. The fourth-order valence-electron chi connectivity index (χ4n) is 4.11. The van der Waals surface area contributed by atoms with E-state index < -0.39 is 5.91 Å². The Morgan fingerprint density at radius 1 is 1.15 bits per heavy atom. The Kier molecular flexibility index (Phi) is 7.04. The lowest BCUT2D eigenvalue weighted by atomic mass is 10.1. The molecule has 8 heteroatoms. The lowest BCUT2D eigenvalue weighted by Gasteiger charge is -2.35. The molecular weight excluding hydrogens is 428 g/mol. The maximum atomic E-state index is 13.5. The van der Waals surface area contributed by atoms with Gasteiger partial charge < -0.3 is 15.1 Å². The van der Waals surface area contributed by atoms with Crippen molar-refractivity contribution in [2.75, 3.05) is 37.6 Å². The number of nitrogens with zero attached hydrogens (tertiary/aromatic N) is 5. The number of nitriles is 1. The van der Waals surface area contributed by atoms with Gasteiger partial charge in [-0.3, -0.25) is 14.0 Å². The number of likely N-dealkylation sites (N-methyl/N-ethyl adjacent to an activating group) is 1. The molecule has 4 rings (SSSR count). The summed E-state index contributed by atoms with van der Waals surface area (Å²) in [4.78, 5) is 35.6. The Hall–Kier alpha value is -3.96. The van der Waals surface area contributed by atoms with Crippen LogP contribution in [0.15, 0.2) is 59.0 Å². The minimum Gasteiger partial charge on any atom is -0.353 e. The van der Waals surface area contributed by atoms with Crippen LogP contribution in [0.3, 0.4) is 0 Å². The SMILES string of the molecule is CCN1CCN(c2nc3c(C)cccn3c(=O)c2/C=C(\C#N)C(=O)NCc2ccccc2)CC1. The number of amides is 1. The summed E-state index contributed by atoms with van der Waals surface area (Å²) in [7, 11) is 0. The quantitative estimate of drug-likeness (QED) is 0.452. The number of aryl methyl sites for hydroxylation is 1. The first-order chi connectivity index (χ1) is 16.5. The van der Waals surface area contributed by atoms with Crippen molar-refractivity contribution in [2.24, 2.45) is 0 Å². The maximum Gasteiger partial charge on any atom is 0.267 e. The summed E-state index contributed by atoms with van der Waals surface area (Å²) < 4.78 is 1.48.